The van der Waals surface area contributed by atoms with Gasteiger partial charge in [0.25, 0.3) is 0 Å². The molecule has 1 saturated carbocycles. The first-order valence-corrected chi connectivity index (χ1v) is 14.5. The Morgan fingerprint density at radius 1 is 1.10 bits per heavy atom. The van der Waals surface area contributed by atoms with Crippen LogP contribution in [0.15, 0.2) is 40.9 Å². The second-order valence-electron chi connectivity index (χ2n) is 10.6. The number of hydrogen-bond donors (Lipinski definition) is 0. The second-order valence-corrected chi connectivity index (χ2v) is 12.0. The number of thiazole rings is 1. The van der Waals surface area contributed by atoms with Crippen LogP contribution in [-0.4, -0.2) is 47.4 Å². The molecule has 8 nitrogen and oxygen atoms in total. The number of esters is 2. The maximum Gasteiger partial charge on any atom is 0.344 e. The maximum absolute atomic E-state index is 14.8. The summed E-state index contributed by atoms with van der Waals surface area (Å²) in [6.45, 7) is 0. The molecule has 0 unspecified atom stereocenters. The van der Waals surface area contributed by atoms with Crippen molar-refractivity contribution in [1.29, 1.82) is 0 Å². The summed E-state index contributed by atoms with van der Waals surface area (Å²) >= 11 is 7.79. The lowest BCUT2D eigenvalue weighted by atomic mass is 9.99. The fraction of sp³-hybridized carbons (Fsp3) is 0.379. The van der Waals surface area contributed by atoms with Gasteiger partial charge in [0.05, 0.1) is 22.4 Å². The van der Waals surface area contributed by atoms with Crippen molar-refractivity contribution in [3.63, 3.8) is 0 Å². The summed E-state index contributed by atoms with van der Waals surface area (Å²) in [5.74, 6) is -0.834. The Morgan fingerprint density at radius 2 is 1.85 bits per heavy atom. The first-order valence-electron chi connectivity index (χ1n) is 13.3. The fourth-order valence-electron chi connectivity index (χ4n) is 6.03. The van der Waals surface area contributed by atoms with Gasteiger partial charge in [-0.1, -0.05) is 46.3 Å². The molecular weight excluding hydrogens is 557 g/mol. The zero-order valence-electron chi connectivity index (χ0n) is 21.6. The van der Waals surface area contributed by atoms with Crippen molar-refractivity contribution < 1.29 is 28.0 Å². The normalized spacial score (nSPS) is 22.1. The Kier molecular flexibility index (Phi) is 6.27. The van der Waals surface area contributed by atoms with E-state index < -0.39 is 17.8 Å². The topological polar surface area (TPSA) is 94.8 Å². The Balaban J connectivity index is 1.12. The summed E-state index contributed by atoms with van der Waals surface area (Å²) in [6, 6.07) is 10.2. The quantitative estimate of drug-likeness (QED) is 0.230. The zero-order chi connectivity index (χ0) is 27.5. The number of halogens is 2. The highest BCUT2D eigenvalue weighted by Gasteiger charge is 2.44. The molecule has 0 amide bonds. The molecule has 206 valence electrons. The number of benzene rings is 2. The molecule has 7 rings (SSSR count). The Labute approximate surface area is 238 Å². The third kappa shape index (κ3) is 4.34. The predicted octanol–water partition coefficient (Wildman–Crippen LogP) is 6.76. The van der Waals surface area contributed by atoms with Crippen molar-refractivity contribution >= 4 is 50.2 Å². The first-order chi connectivity index (χ1) is 19.4. The van der Waals surface area contributed by atoms with Crippen LogP contribution in [0.5, 0.6) is 0 Å². The summed E-state index contributed by atoms with van der Waals surface area (Å²) in [5.41, 5.74) is 1.83. The van der Waals surface area contributed by atoms with Gasteiger partial charge in [0.15, 0.2) is 16.7 Å². The number of rotatable bonds is 6. The van der Waals surface area contributed by atoms with Crippen molar-refractivity contribution in [3.05, 3.63) is 64.1 Å². The highest BCUT2D eigenvalue weighted by Crippen LogP contribution is 2.46. The van der Waals surface area contributed by atoms with Crippen LogP contribution in [0.4, 0.5) is 9.52 Å². The lowest BCUT2D eigenvalue weighted by Crippen LogP contribution is -2.46. The molecule has 3 atom stereocenters. The Morgan fingerprint density at radius 3 is 2.55 bits per heavy atom. The molecule has 40 heavy (non-hydrogen) atoms. The van der Waals surface area contributed by atoms with E-state index in [1.165, 1.54) is 18.4 Å². The van der Waals surface area contributed by atoms with E-state index in [1.807, 2.05) is 18.2 Å². The van der Waals surface area contributed by atoms with Gasteiger partial charge in [0.1, 0.15) is 22.9 Å². The molecule has 0 spiro atoms. The minimum Gasteiger partial charge on any atom is -0.465 e. The van der Waals surface area contributed by atoms with Crippen LogP contribution in [-0.2, 0) is 9.47 Å². The average Bonchev–Trinajstić information content (AvgIpc) is 3.44. The van der Waals surface area contributed by atoms with E-state index in [0.29, 0.717) is 50.3 Å². The number of piperidine rings is 1. The van der Waals surface area contributed by atoms with Crippen molar-refractivity contribution in [2.24, 2.45) is 0 Å². The molecule has 4 heterocycles. The maximum atomic E-state index is 14.8. The van der Waals surface area contributed by atoms with Gasteiger partial charge in [-0.2, -0.15) is 0 Å². The lowest BCUT2D eigenvalue weighted by molar-refractivity contribution is 0.0202. The molecule has 2 bridgehead atoms. The molecule has 0 N–H and O–H groups in total. The number of anilines is 1. The number of methoxy groups -OCH3 is 1. The second kappa shape index (κ2) is 9.85. The molecule has 1 aliphatic carbocycles. The molecule has 2 aromatic carbocycles. The summed E-state index contributed by atoms with van der Waals surface area (Å²) < 4.78 is 31.9. The highest BCUT2D eigenvalue weighted by molar-refractivity contribution is 7.22. The van der Waals surface area contributed by atoms with Gasteiger partial charge in [-0.05, 0) is 43.9 Å². The monoisotopic (exact) mass is 581 g/mol. The molecule has 3 aliphatic rings. The van der Waals surface area contributed by atoms with Gasteiger partial charge in [-0.3, -0.25) is 0 Å². The highest BCUT2D eigenvalue weighted by atomic mass is 35.5. The number of ether oxygens (including phenoxy) is 2. The van der Waals surface area contributed by atoms with Crippen LogP contribution in [0.1, 0.15) is 70.9 Å². The van der Waals surface area contributed by atoms with Gasteiger partial charge >= 0.3 is 11.9 Å². The number of carbonyl (C=O) groups excluding carboxylic acids is 2. The van der Waals surface area contributed by atoms with E-state index >= 15 is 0 Å². The minimum absolute atomic E-state index is 0.105. The van der Waals surface area contributed by atoms with Crippen LogP contribution >= 0.6 is 22.9 Å². The van der Waals surface area contributed by atoms with E-state index in [9.17, 15) is 14.0 Å². The fourth-order valence-corrected chi connectivity index (χ4v) is 7.42. The largest absolute Gasteiger partial charge is 0.465 e. The van der Waals surface area contributed by atoms with Crippen molar-refractivity contribution in [1.82, 2.24) is 10.1 Å². The number of hydrogen-bond acceptors (Lipinski definition) is 9. The lowest BCUT2D eigenvalue weighted by Gasteiger charge is -2.38. The van der Waals surface area contributed by atoms with E-state index in [4.69, 9.17) is 25.6 Å². The summed E-state index contributed by atoms with van der Waals surface area (Å²) in [4.78, 5) is 32.4. The molecule has 3 fully saturated rings. The Bertz CT molecular complexity index is 1640. The van der Waals surface area contributed by atoms with Crippen LogP contribution < -0.4 is 4.90 Å². The molecule has 0 radical (unpaired) electrons. The molecule has 4 aromatic rings. The predicted molar refractivity (Wildman–Crippen MR) is 148 cm³/mol. The van der Waals surface area contributed by atoms with Crippen LogP contribution in [0, 0.1) is 5.82 Å². The number of nitrogens with zero attached hydrogens (tertiary/aromatic N) is 3. The zero-order valence-corrected chi connectivity index (χ0v) is 23.1. The minimum atomic E-state index is -0.589. The summed E-state index contributed by atoms with van der Waals surface area (Å²) in [6.07, 6.45) is 4.75. The third-order valence-corrected chi connectivity index (χ3v) is 9.39. The van der Waals surface area contributed by atoms with E-state index in [2.05, 4.69) is 15.0 Å². The molecular formula is C29H25ClFN3O5S. The first kappa shape index (κ1) is 25.5. The van der Waals surface area contributed by atoms with Crippen LogP contribution in [0.2, 0.25) is 5.02 Å². The molecule has 2 aromatic heterocycles. The standard InChI is InChI=1S/C29H25ClFN3O5S/c1-37-27(35)15-10-21(31)25-22(11-15)40-29(32-25)34-16-8-9-17(34)13-18(12-16)38-28(36)23-24(19-4-2-3-5-20(19)30)33-39-26(23)14-6-7-14/h2-5,10-11,14,16-18H,6-9,12-13H2,1H3/t16-,17+,18+. The number of fused-ring (bicyclic) bond motifs is 3. The third-order valence-electron chi connectivity index (χ3n) is 8.04. The SMILES string of the molecule is COC(=O)c1cc(F)c2nc(N3[C@@H]4CC[C@H]3C[C@@H](OC(=O)c3c(-c5ccccc5Cl)noc3C3CC3)C4)sc2c1. The smallest absolute Gasteiger partial charge is 0.344 e. The number of carbonyl (C=O) groups is 2. The summed E-state index contributed by atoms with van der Waals surface area (Å²) in [7, 11) is 1.27. The average molecular weight is 582 g/mol. The van der Waals surface area contributed by atoms with Crippen molar-refractivity contribution in [3.8, 4) is 11.3 Å². The van der Waals surface area contributed by atoms with Gasteiger partial charge < -0.3 is 18.9 Å². The molecule has 2 aliphatic heterocycles. The van der Waals surface area contributed by atoms with Gasteiger partial charge in [-0.15, -0.1) is 0 Å². The van der Waals surface area contributed by atoms with Crippen LogP contribution in [0.25, 0.3) is 21.5 Å². The summed E-state index contributed by atoms with van der Waals surface area (Å²) in [5, 5.41) is 5.43. The number of aromatic nitrogens is 2. The van der Waals surface area contributed by atoms with Gasteiger partial charge in [0.2, 0.25) is 0 Å². The van der Waals surface area contributed by atoms with Gasteiger partial charge in [-0.25, -0.2) is 19.0 Å². The van der Waals surface area contributed by atoms with E-state index in [1.54, 1.807) is 12.1 Å². The van der Waals surface area contributed by atoms with Gasteiger partial charge in [0, 0.05) is 36.4 Å². The Hall–Kier alpha value is -3.50. The molecule has 2 saturated heterocycles. The molecule has 11 heteroatoms. The van der Waals surface area contributed by atoms with E-state index in [0.717, 1.165) is 31.7 Å². The van der Waals surface area contributed by atoms with Crippen molar-refractivity contribution in [2.75, 3.05) is 12.0 Å². The van der Waals surface area contributed by atoms with Crippen molar-refractivity contribution in [2.45, 2.75) is 62.6 Å². The van der Waals surface area contributed by atoms with E-state index in [-0.39, 0.29) is 35.2 Å². The van der Waals surface area contributed by atoms with Crippen LogP contribution in [0.3, 0.4) is 0 Å².